The third kappa shape index (κ3) is 22.2. The monoisotopic (exact) mass is 883 g/mol. The first kappa shape index (κ1) is 54.1. The molecule has 4 aromatic carbocycles. The molecule has 4 rings (SSSR count). The van der Waals surface area contributed by atoms with Gasteiger partial charge in [-0.25, -0.2) is 0 Å². The number of anilines is 2. The van der Waals surface area contributed by atoms with Crippen molar-refractivity contribution in [1.82, 2.24) is 0 Å². The Balaban J connectivity index is 0.996. The van der Waals surface area contributed by atoms with Crippen LogP contribution in [0.2, 0.25) is 0 Å². The molecule has 0 spiro atoms. The van der Waals surface area contributed by atoms with Crippen LogP contribution in [0, 0.1) is 13.8 Å². The summed E-state index contributed by atoms with van der Waals surface area (Å²) in [6, 6.07) is 32.4. The average molecular weight is 883 g/mol. The highest BCUT2D eigenvalue weighted by Crippen LogP contribution is 2.35. The van der Waals surface area contributed by atoms with Gasteiger partial charge in [-0.05, 0) is 121 Å². The maximum atomic E-state index is 6.14. The highest BCUT2D eigenvalue weighted by Gasteiger charge is 2.18. The maximum Gasteiger partial charge on any atom is 0.0316 e. The van der Waals surface area contributed by atoms with Gasteiger partial charge in [0.05, 0.1) is 0 Å². The lowest BCUT2D eigenvalue weighted by atomic mass is 9.84. The van der Waals surface area contributed by atoms with Gasteiger partial charge in [0.2, 0.25) is 0 Å². The van der Waals surface area contributed by atoms with Crippen LogP contribution in [0.3, 0.4) is 0 Å². The summed E-state index contributed by atoms with van der Waals surface area (Å²) in [6.07, 6.45) is 44.9. The topological polar surface area (TPSA) is 52.0 Å². The number of hydrogen-bond donors (Lipinski definition) is 2. The average Bonchev–Trinajstić information content (AvgIpc) is 3.30. The van der Waals surface area contributed by atoms with E-state index in [4.69, 9.17) is 11.5 Å². The molecular weight excluding hydrogens is 785 g/mol. The Morgan fingerprint density at radius 2 is 0.600 bits per heavy atom. The number of aryl methyl sites for hydroxylation is 4. The van der Waals surface area contributed by atoms with Crippen LogP contribution >= 0.6 is 0 Å². The van der Waals surface area contributed by atoms with Crippen LogP contribution in [0.5, 0.6) is 0 Å². The molecule has 0 heterocycles. The number of benzene rings is 4. The van der Waals surface area contributed by atoms with Gasteiger partial charge in [0.15, 0.2) is 0 Å². The van der Waals surface area contributed by atoms with Crippen molar-refractivity contribution in [2.45, 2.75) is 251 Å². The van der Waals surface area contributed by atoms with Crippen molar-refractivity contribution in [3.63, 3.8) is 0 Å². The van der Waals surface area contributed by atoms with Crippen molar-refractivity contribution in [2.75, 3.05) is 11.5 Å². The van der Waals surface area contributed by atoms with Gasteiger partial charge >= 0.3 is 0 Å². The molecule has 2 nitrogen and oxygen atoms in total. The van der Waals surface area contributed by atoms with Gasteiger partial charge in [0, 0.05) is 23.2 Å². The first-order valence-electron chi connectivity index (χ1n) is 27.8. The molecule has 2 unspecified atom stereocenters. The normalized spacial score (nSPS) is 12.5. The summed E-state index contributed by atoms with van der Waals surface area (Å²) in [5.74, 6) is 0.929. The molecule has 0 aliphatic heterocycles. The lowest BCUT2D eigenvalue weighted by Gasteiger charge is -2.21. The van der Waals surface area contributed by atoms with Crippen molar-refractivity contribution in [2.24, 2.45) is 0 Å². The highest BCUT2D eigenvalue weighted by molar-refractivity contribution is 5.49. The van der Waals surface area contributed by atoms with Crippen LogP contribution < -0.4 is 11.5 Å². The van der Waals surface area contributed by atoms with Crippen LogP contribution in [0.4, 0.5) is 11.4 Å². The van der Waals surface area contributed by atoms with E-state index in [1.807, 2.05) is 0 Å². The SMILES string of the molecule is CCCCCCCCCC(c1ccc(CCCCCCCCCCCCCCCCCc2ccc(C(CCCCCCCCC)c3ccc(N)cc3C)cc2)cc1)c1ccc(N)cc1C. The Labute approximate surface area is 402 Å². The summed E-state index contributed by atoms with van der Waals surface area (Å²) in [4.78, 5) is 0. The van der Waals surface area contributed by atoms with Gasteiger partial charge in [0.1, 0.15) is 0 Å². The van der Waals surface area contributed by atoms with Crippen LogP contribution in [-0.2, 0) is 12.8 Å². The first-order chi connectivity index (χ1) is 31.9. The summed E-state index contributed by atoms with van der Waals surface area (Å²) < 4.78 is 0. The van der Waals surface area contributed by atoms with Gasteiger partial charge in [-0.15, -0.1) is 0 Å². The molecule has 0 fully saturated rings. The Morgan fingerprint density at radius 3 is 0.892 bits per heavy atom. The third-order valence-electron chi connectivity index (χ3n) is 14.7. The Bertz CT molecular complexity index is 1640. The minimum absolute atomic E-state index is 0.465. The molecule has 0 saturated heterocycles. The van der Waals surface area contributed by atoms with E-state index in [0.717, 1.165) is 11.4 Å². The molecule has 2 heteroatoms. The van der Waals surface area contributed by atoms with Gasteiger partial charge in [-0.1, -0.05) is 248 Å². The number of rotatable bonds is 38. The fourth-order valence-corrected chi connectivity index (χ4v) is 10.6. The predicted molar refractivity (Wildman–Crippen MR) is 290 cm³/mol. The van der Waals surface area contributed by atoms with E-state index in [-0.39, 0.29) is 0 Å². The second-order valence-corrected chi connectivity index (χ2v) is 20.4. The summed E-state index contributed by atoms with van der Waals surface area (Å²) in [7, 11) is 0. The zero-order valence-corrected chi connectivity index (χ0v) is 42.7. The van der Waals surface area contributed by atoms with Gasteiger partial charge in [0.25, 0.3) is 0 Å². The van der Waals surface area contributed by atoms with E-state index < -0.39 is 0 Å². The van der Waals surface area contributed by atoms with Crippen molar-refractivity contribution in [1.29, 1.82) is 0 Å². The Hall–Kier alpha value is -3.52. The Kier molecular flexibility index (Phi) is 28.2. The molecule has 2 atom stereocenters. The van der Waals surface area contributed by atoms with E-state index in [2.05, 4.69) is 113 Å². The van der Waals surface area contributed by atoms with Gasteiger partial charge in [-0.2, -0.15) is 0 Å². The van der Waals surface area contributed by atoms with Crippen molar-refractivity contribution in [3.8, 4) is 0 Å². The van der Waals surface area contributed by atoms with Gasteiger partial charge < -0.3 is 11.5 Å². The third-order valence-corrected chi connectivity index (χ3v) is 14.7. The summed E-state index contributed by atoms with van der Waals surface area (Å²) in [6.45, 7) is 9.07. The van der Waals surface area contributed by atoms with E-state index in [1.165, 1.54) is 256 Å². The quantitative estimate of drug-likeness (QED) is 0.0348. The number of unbranched alkanes of at least 4 members (excludes halogenated alkanes) is 26. The molecule has 0 radical (unpaired) electrons. The minimum atomic E-state index is 0.465. The molecule has 0 saturated carbocycles. The Morgan fingerprint density at radius 1 is 0.323 bits per heavy atom. The molecular formula is C63H98N2. The molecule has 4 N–H and O–H groups in total. The van der Waals surface area contributed by atoms with E-state index >= 15 is 0 Å². The molecule has 0 bridgehead atoms. The highest BCUT2D eigenvalue weighted by atomic mass is 14.5. The number of nitrogen functional groups attached to an aromatic ring is 2. The maximum absolute atomic E-state index is 6.14. The minimum Gasteiger partial charge on any atom is -0.399 e. The van der Waals surface area contributed by atoms with Crippen molar-refractivity contribution >= 4 is 11.4 Å². The first-order valence-corrected chi connectivity index (χ1v) is 27.8. The standard InChI is InChI=1S/C63H98N2/c1-5-7-9-11-22-28-32-36-62(60-48-46-58(64)50-52(60)3)56-42-38-54(39-43-56)34-30-26-24-20-18-16-14-13-15-17-19-21-25-27-31-35-55-40-44-57(45-41-55)63(37-33-29-23-12-10-8-6-2)61-49-47-59(65)51-53(61)4/h38-51,62-63H,5-37,64-65H2,1-4H3. The smallest absolute Gasteiger partial charge is 0.0316 e. The largest absolute Gasteiger partial charge is 0.399 e. The molecule has 0 aliphatic rings. The van der Waals surface area contributed by atoms with E-state index in [1.54, 1.807) is 0 Å². The molecule has 4 aromatic rings. The van der Waals surface area contributed by atoms with Crippen LogP contribution in [-0.4, -0.2) is 0 Å². The van der Waals surface area contributed by atoms with Crippen molar-refractivity contribution < 1.29 is 0 Å². The zero-order valence-electron chi connectivity index (χ0n) is 42.7. The fraction of sp³-hybridized carbons (Fsp3) is 0.619. The van der Waals surface area contributed by atoms with Crippen LogP contribution in [0.15, 0.2) is 84.9 Å². The predicted octanol–water partition coefficient (Wildman–Crippen LogP) is 19.6. The second kappa shape index (κ2) is 33.9. The second-order valence-electron chi connectivity index (χ2n) is 20.4. The summed E-state index contributed by atoms with van der Waals surface area (Å²) in [5, 5.41) is 0. The molecule has 0 aromatic heterocycles. The molecule has 360 valence electrons. The lowest BCUT2D eigenvalue weighted by Crippen LogP contribution is -2.05. The van der Waals surface area contributed by atoms with Crippen LogP contribution in [0.1, 0.15) is 269 Å². The fourth-order valence-electron chi connectivity index (χ4n) is 10.6. The van der Waals surface area contributed by atoms with E-state index in [0.29, 0.717) is 11.8 Å². The number of nitrogens with two attached hydrogens (primary N) is 2. The molecule has 0 amide bonds. The van der Waals surface area contributed by atoms with E-state index in [9.17, 15) is 0 Å². The van der Waals surface area contributed by atoms with Gasteiger partial charge in [-0.3, -0.25) is 0 Å². The zero-order chi connectivity index (χ0) is 46.2. The molecule has 0 aliphatic carbocycles. The number of hydrogen-bond acceptors (Lipinski definition) is 2. The molecule has 65 heavy (non-hydrogen) atoms. The van der Waals surface area contributed by atoms with Crippen molar-refractivity contribution in [3.05, 3.63) is 129 Å². The lowest BCUT2D eigenvalue weighted by molar-refractivity contribution is 0.530. The summed E-state index contributed by atoms with van der Waals surface area (Å²) in [5.41, 5.74) is 25.5. The van der Waals surface area contributed by atoms with Crippen LogP contribution in [0.25, 0.3) is 0 Å². The summed E-state index contributed by atoms with van der Waals surface area (Å²) >= 11 is 0.